The maximum Gasteiger partial charge on any atom is 0.416 e. The van der Waals surface area contributed by atoms with E-state index in [1.54, 1.807) is 0 Å². The van der Waals surface area contributed by atoms with Crippen molar-refractivity contribution in [3.63, 3.8) is 0 Å². The van der Waals surface area contributed by atoms with Gasteiger partial charge in [-0.05, 0) is 36.4 Å². The normalized spacial score (nSPS) is 13.2. The van der Waals surface area contributed by atoms with Gasteiger partial charge in [0.05, 0.1) is 11.1 Å². The van der Waals surface area contributed by atoms with Gasteiger partial charge in [-0.25, -0.2) is 0 Å². The minimum atomic E-state index is -4.35. The van der Waals surface area contributed by atoms with Gasteiger partial charge in [-0.1, -0.05) is 30.3 Å². The van der Waals surface area contributed by atoms with Crippen molar-refractivity contribution >= 4 is 21.8 Å². The van der Waals surface area contributed by atoms with Crippen LogP contribution in [0.1, 0.15) is 11.1 Å². The molecule has 0 radical (unpaired) electrons. The van der Waals surface area contributed by atoms with Crippen molar-refractivity contribution in [2.45, 2.75) is 12.7 Å². The number of nitrogens with zero attached hydrogens (tertiary/aromatic N) is 1. The molecule has 33 heavy (non-hydrogen) atoms. The van der Waals surface area contributed by atoms with Gasteiger partial charge in [-0.15, -0.1) is 0 Å². The van der Waals surface area contributed by atoms with Crippen LogP contribution in [0, 0.1) is 0 Å². The van der Waals surface area contributed by atoms with Crippen molar-refractivity contribution < 1.29 is 27.2 Å². The summed E-state index contributed by atoms with van der Waals surface area (Å²) >= 11 is 0. The van der Waals surface area contributed by atoms with Crippen LogP contribution >= 0.6 is 0 Å². The predicted molar refractivity (Wildman–Crippen MR) is 118 cm³/mol. The molecule has 0 unspecified atom stereocenters. The molecule has 0 saturated heterocycles. The molecule has 3 heterocycles. The van der Waals surface area contributed by atoms with E-state index in [0.717, 1.165) is 50.8 Å². The summed E-state index contributed by atoms with van der Waals surface area (Å²) in [7, 11) is 0. The third-order valence-corrected chi connectivity index (χ3v) is 5.97. The van der Waals surface area contributed by atoms with Gasteiger partial charge < -0.3 is 14.5 Å². The fraction of sp³-hybridized carbons (Fsp3) is 0.115. The van der Waals surface area contributed by atoms with Crippen molar-refractivity contribution in [1.29, 1.82) is 0 Å². The largest absolute Gasteiger partial charge is 0.454 e. The van der Waals surface area contributed by atoms with E-state index in [2.05, 4.69) is 11.1 Å². The van der Waals surface area contributed by atoms with Crippen LogP contribution in [-0.2, 0) is 12.7 Å². The SMILES string of the molecule is FC(F)(F)c1ccc(C[n+]2ccc3c([nH]c4ccccc43)c2-c2ccc3c(c2)OCO3)cc1. The number of para-hydroxylation sites is 1. The van der Waals surface area contributed by atoms with Crippen LogP contribution in [-0.4, -0.2) is 11.8 Å². The predicted octanol–water partition coefficient (Wildman–Crippen LogP) is 6.07. The first-order valence-corrected chi connectivity index (χ1v) is 10.5. The fourth-order valence-corrected chi connectivity index (χ4v) is 4.39. The topological polar surface area (TPSA) is 38.1 Å². The lowest BCUT2D eigenvalue weighted by molar-refractivity contribution is -0.676. The van der Waals surface area contributed by atoms with E-state index >= 15 is 0 Å². The first kappa shape index (κ1) is 19.7. The van der Waals surface area contributed by atoms with E-state index < -0.39 is 11.7 Å². The molecule has 0 amide bonds. The summed E-state index contributed by atoms with van der Waals surface area (Å²) in [5, 5.41) is 2.18. The molecule has 1 N–H and O–H groups in total. The Kier molecular flexibility index (Phi) is 4.33. The molecule has 4 nitrogen and oxygen atoms in total. The number of halogens is 3. The first-order valence-electron chi connectivity index (χ1n) is 10.5. The average molecular weight is 447 g/mol. The number of aromatic nitrogens is 2. The zero-order chi connectivity index (χ0) is 22.6. The first-order chi connectivity index (χ1) is 16.0. The molecule has 6 rings (SSSR count). The number of rotatable bonds is 3. The summed E-state index contributed by atoms with van der Waals surface area (Å²) in [6.07, 6.45) is -2.38. The number of nitrogens with one attached hydrogen (secondary N) is 1. The van der Waals surface area contributed by atoms with Crippen molar-refractivity contribution in [2.75, 3.05) is 6.79 Å². The van der Waals surface area contributed by atoms with E-state index in [0.29, 0.717) is 18.0 Å². The van der Waals surface area contributed by atoms with Gasteiger partial charge in [0.2, 0.25) is 12.5 Å². The maximum atomic E-state index is 13.0. The van der Waals surface area contributed by atoms with Gasteiger partial charge in [0.25, 0.3) is 0 Å². The second-order valence-electron chi connectivity index (χ2n) is 8.01. The van der Waals surface area contributed by atoms with Gasteiger partial charge in [-0.2, -0.15) is 17.7 Å². The van der Waals surface area contributed by atoms with E-state index in [-0.39, 0.29) is 6.79 Å². The molecule has 0 atom stereocenters. The molecule has 164 valence electrons. The highest BCUT2D eigenvalue weighted by Crippen LogP contribution is 2.38. The second kappa shape index (κ2) is 7.27. The monoisotopic (exact) mass is 447 g/mol. The molecule has 1 aliphatic rings. The molecule has 3 aromatic carbocycles. The van der Waals surface area contributed by atoms with Crippen LogP contribution in [0.3, 0.4) is 0 Å². The second-order valence-corrected chi connectivity index (χ2v) is 8.01. The smallest absolute Gasteiger partial charge is 0.416 e. The number of alkyl halides is 3. The zero-order valence-corrected chi connectivity index (χ0v) is 17.3. The molecule has 0 spiro atoms. The van der Waals surface area contributed by atoms with Crippen LogP contribution in [0.25, 0.3) is 33.1 Å². The van der Waals surface area contributed by atoms with Gasteiger partial charge in [0, 0.05) is 27.9 Å². The van der Waals surface area contributed by atoms with Crippen LogP contribution < -0.4 is 14.0 Å². The summed E-state index contributed by atoms with van der Waals surface area (Å²) in [4.78, 5) is 3.53. The highest BCUT2D eigenvalue weighted by molar-refractivity contribution is 6.10. The molecular weight excluding hydrogens is 429 g/mol. The lowest BCUT2D eigenvalue weighted by Crippen LogP contribution is -2.36. The summed E-state index contributed by atoms with van der Waals surface area (Å²) in [6.45, 7) is 0.591. The standard InChI is InChI=1S/C26H17F3N2O2/c27-26(28,29)18-8-5-16(6-9-18)14-31-12-11-20-19-3-1-2-4-21(19)30-24(20)25(31)17-7-10-22-23(13-17)33-15-32-22/h1-13H,14-15H2/p+1. The third-order valence-electron chi connectivity index (χ3n) is 5.97. The molecule has 0 saturated carbocycles. The Bertz CT molecular complexity index is 1500. The number of benzene rings is 3. The van der Waals surface area contributed by atoms with E-state index in [1.807, 2.05) is 53.2 Å². The minimum absolute atomic E-state index is 0.181. The Hall–Kier alpha value is -4.00. The number of hydrogen-bond donors (Lipinski definition) is 1. The number of pyridine rings is 1. The summed E-state index contributed by atoms with van der Waals surface area (Å²) < 4.78 is 52.0. The van der Waals surface area contributed by atoms with Crippen molar-refractivity contribution in [1.82, 2.24) is 4.98 Å². The Morgan fingerprint density at radius 3 is 2.45 bits per heavy atom. The highest BCUT2D eigenvalue weighted by Gasteiger charge is 2.30. The Morgan fingerprint density at radius 2 is 1.64 bits per heavy atom. The number of aromatic amines is 1. The van der Waals surface area contributed by atoms with Crippen molar-refractivity contribution in [3.05, 3.63) is 90.1 Å². The molecule has 0 fully saturated rings. The molecule has 5 aromatic rings. The number of hydrogen-bond acceptors (Lipinski definition) is 2. The van der Waals surface area contributed by atoms with E-state index in [1.165, 1.54) is 12.1 Å². The molecule has 1 aliphatic heterocycles. The van der Waals surface area contributed by atoms with Gasteiger partial charge >= 0.3 is 6.18 Å². The Balaban J connectivity index is 1.52. The molecule has 0 bridgehead atoms. The highest BCUT2D eigenvalue weighted by atomic mass is 19.4. The fourth-order valence-electron chi connectivity index (χ4n) is 4.39. The summed E-state index contributed by atoms with van der Waals surface area (Å²) in [5.74, 6) is 1.36. The molecule has 0 aliphatic carbocycles. The van der Waals surface area contributed by atoms with Crippen LogP contribution in [0.15, 0.2) is 79.0 Å². The van der Waals surface area contributed by atoms with Crippen molar-refractivity contribution in [2.24, 2.45) is 0 Å². The Morgan fingerprint density at radius 1 is 0.848 bits per heavy atom. The third kappa shape index (κ3) is 3.36. The van der Waals surface area contributed by atoms with Crippen molar-refractivity contribution in [3.8, 4) is 22.8 Å². The molecular formula is C26H18F3N2O2+. The van der Waals surface area contributed by atoms with E-state index in [4.69, 9.17) is 9.47 Å². The minimum Gasteiger partial charge on any atom is -0.454 e. The summed E-state index contributed by atoms with van der Waals surface area (Å²) in [6, 6.07) is 21.2. The lowest BCUT2D eigenvalue weighted by Gasteiger charge is -2.09. The van der Waals surface area contributed by atoms with E-state index in [9.17, 15) is 13.2 Å². The van der Waals surface area contributed by atoms with Gasteiger partial charge in [0.15, 0.2) is 24.2 Å². The lowest BCUT2D eigenvalue weighted by atomic mass is 10.1. The summed E-state index contributed by atoms with van der Waals surface area (Å²) in [5.41, 5.74) is 3.92. The maximum absolute atomic E-state index is 13.0. The van der Waals surface area contributed by atoms with Crippen LogP contribution in [0.4, 0.5) is 13.2 Å². The number of ether oxygens (including phenoxy) is 2. The van der Waals surface area contributed by atoms with Crippen LogP contribution in [0.5, 0.6) is 11.5 Å². The molecule has 2 aromatic heterocycles. The average Bonchev–Trinajstić information content (AvgIpc) is 3.42. The van der Waals surface area contributed by atoms with Gasteiger partial charge in [-0.3, -0.25) is 0 Å². The van der Waals surface area contributed by atoms with Gasteiger partial charge in [0.1, 0.15) is 5.52 Å². The zero-order valence-electron chi connectivity index (χ0n) is 17.3. The Labute approximate surface area is 186 Å². The van der Waals surface area contributed by atoms with Crippen LogP contribution in [0.2, 0.25) is 0 Å². The molecule has 7 heteroatoms. The number of fused-ring (bicyclic) bond motifs is 4. The number of H-pyrrole nitrogens is 1. The quantitative estimate of drug-likeness (QED) is 0.341.